The van der Waals surface area contributed by atoms with Crippen molar-refractivity contribution in [2.75, 3.05) is 12.5 Å². The molecule has 1 heterocycles. The molecule has 12 heteroatoms. The number of Topliss-reactive ketones (excluding diaryl/α,β-unsaturated/α-hetero) is 1. The Labute approximate surface area is 260 Å². The van der Waals surface area contributed by atoms with Crippen molar-refractivity contribution in [2.45, 2.75) is 72.0 Å². The number of carbonyl (C=O) groups excluding carboxylic acids is 1. The van der Waals surface area contributed by atoms with E-state index in [1.165, 1.54) is 25.3 Å². The lowest BCUT2D eigenvalue weighted by atomic mass is 10.1. The lowest BCUT2D eigenvalue weighted by Gasteiger charge is -2.06. The van der Waals surface area contributed by atoms with Gasteiger partial charge in [0.2, 0.25) is 0 Å². The van der Waals surface area contributed by atoms with Crippen LogP contribution in [0.1, 0.15) is 64.6 Å². The summed E-state index contributed by atoms with van der Waals surface area (Å²) >= 11 is 9.16. The first-order valence-corrected chi connectivity index (χ1v) is 16.3. The highest BCUT2D eigenvalue weighted by Crippen LogP contribution is 2.30. The largest absolute Gasteiger partial charge is 0.394 e. The average Bonchev–Trinajstić information content (AvgIpc) is 3.10. The number of sulfone groups is 2. The summed E-state index contributed by atoms with van der Waals surface area (Å²) in [5.74, 6) is -0.0119. The topological polar surface area (TPSA) is 124 Å². The van der Waals surface area contributed by atoms with Crippen molar-refractivity contribution in [1.82, 2.24) is 4.98 Å². The second-order valence-electron chi connectivity index (χ2n) is 7.87. The number of nitrogens with zero attached hydrogens (tertiary/aromatic N) is 1. The third-order valence-electron chi connectivity index (χ3n) is 4.41. The highest BCUT2D eigenvalue weighted by molar-refractivity contribution is 9.09. The Morgan fingerprint density at radius 1 is 0.850 bits per heavy atom. The maximum atomic E-state index is 11.3. The van der Waals surface area contributed by atoms with E-state index in [9.17, 15) is 21.6 Å². The third-order valence-corrected chi connectivity index (χ3v) is 8.96. The molecule has 0 amide bonds. The number of thiocarbonyl (C=S) groups is 1. The molecule has 0 aliphatic heterocycles. The maximum Gasteiger partial charge on any atom is 0.175 e. The predicted molar refractivity (Wildman–Crippen MR) is 181 cm³/mol. The number of alkyl halides is 1. The van der Waals surface area contributed by atoms with Gasteiger partial charge in [0.05, 0.1) is 35.2 Å². The van der Waals surface area contributed by atoms with Crippen LogP contribution in [0.25, 0.3) is 10.4 Å². The summed E-state index contributed by atoms with van der Waals surface area (Å²) in [5.41, 5.74) is 7.60. The molecule has 1 aromatic heterocycles. The molecule has 0 saturated heterocycles. The third kappa shape index (κ3) is 15.1. The molecule has 0 fully saturated rings. The smallest absolute Gasteiger partial charge is 0.175 e. The quantitative estimate of drug-likeness (QED) is 0.212. The average molecular weight is 698 g/mol. The Morgan fingerprint density at radius 3 is 1.48 bits per heavy atom. The van der Waals surface area contributed by atoms with Crippen LogP contribution in [0.2, 0.25) is 0 Å². The first-order chi connectivity index (χ1) is 16.4. The van der Waals surface area contributed by atoms with Crippen molar-refractivity contribution in [2.24, 2.45) is 5.73 Å². The maximum absolute atomic E-state index is 11.3. The van der Waals surface area contributed by atoms with Crippen LogP contribution < -0.4 is 5.73 Å². The second-order valence-corrected chi connectivity index (χ2v) is 14.7. The van der Waals surface area contributed by atoms with Gasteiger partial charge in [0.25, 0.3) is 0 Å². The molecule has 1 atom stereocenters. The summed E-state index contributed by atoms with van der Waals surface area (Å²) < 4.78 is 45.0. The van der Waals surface area contributed by atoms with E-state index in [0.717, 1.165) is 33.0 Å². The van der Waals surface area contributed by atoms with Crippen LogP contribution in [0.3, 0.4) is 0 Å². The number of benzene rings is 2. The van der Waals surface area contributed by atoms with Crippen LogP contribution in [0.5, 0.6) is 0 Å². The van der Waals surface area contributed by atoms with E-state index in [1.807, 2.05) is 26.0 Å². The minimum Gasteiger partial charge on any atom is -0.394 e. The molecule has 0 aliphatic carbocycles. The Bertz CT molecular complexity index is 1410. The summed E-state index contributed by atoms with van der Waals surface area (Å²) in [5, 5.41) is 1.02. The molecule has 7 nitrogen and oxygen atoms in total. The van der Waals surface area contributed by atoms with Crippen LogP contribution in [0.15, 0.2) is 58.3 Å². The summed E-state index contributed by atoms with van der Waals surface area (Å²) in [4.78, 5) is 17.3. The van der Waals surface area contributed by atoms with Crippen LogP contribution in [0.4, 0.5) is 0 Å². The summed E-state index contributed by atoms with van der Waals surface area (Å²) in [6, 6.07) is 13.2. The zero-order valence-corrected chi connectivity index (χ0v) is 25.6. The van der Waals surface area contributed by atoms with Crippen molar-refractivity contribution < 1.29 is 21.6 Å². The molecule has 0 aliphatic rings. The van der Waals surface area contributed by atoms with Crippen molar-refractivity contribution in [3.05, 3.63) is 64.8 Å². The highest BCUT2D eigenvalue weighted by Gasteiger charge is 2.14. The number of thiazole rings is 1. The van der Waals surface area contributed by atoms with Crippen LogP contribution in [-0.2, 0) is 24.5 Å². The van der Waals surface area contributed by atoms with Crippen LogP contribution in [-0.4, -0.2) is 45.1 Å². The number of aromatic nitrogens is 1. The number of nitrogens with two attached hydrogens (primary N) is 1. The van der Waals surface area contributed by atoms with E-state index in [1.54, 1.807) is 42.5 Å². The SMILES string of the molecule is C.C.C.C.CC(=O)C(Br)c1ccc(S(C)(=O)=O)cc1.CC(N)=S.Cc1nc(C)c(-c2ccc(S(C)(=O)=O)cc2)s1. The van der Waals surface area contributed by atoms with Gasteiger partial charge in [-0.05, 0) is 63.1 Å². The first-order valence-electron chi connectivity index (χ1n) is 10.4. The van der Waals surface area contributed by atoms with Crippen molar-refractivity contribution in [3.63, 3.8) is 0 Å². The number of rotatable bonds is 5. The fourth-order valence-electron chi connectivity index (χ4n) is 2.77. The van der Waals surface area contributed by atoms with Gasteiger partial charge in [-0.1, -0.05) is 82.1 Å². The van der Waals surface area contributed by atoms with Gasteiger partial charge in [0.15, 0.2) is 19.7 Å². The summed E-state index contributed by atoms with van der Waals surface area (Å²) in [7, 11) is -6.28. The second kappa shape index (κ2) is 19.2. The Morgan fingerprint density at radius 2 is 1.20 bits per heavy atom. The van der Waals surface area contributed by atoms with E-state index in [0.29, 0.717) is 9.88 Å². The van der Waals surface area contributed by atoms with Crippen molar-refractivity contribution >= 4 is 69.9 Å². The van der Waals surface area contributed by atoms with E-state index in [4.69, 9.17) is 5.73 Å². The van der Waals surface area contributed by atoms with Gasteiger partial charge in [-0.15, -0.1) is 11.3 Å². The zero-order chi connectivity index (χ0) is 27.8. The normalized spacial score (nSPS) is 10.7. The molecule has 0 radical (unpaired) electrons. The molecular weight excluding hydrogens is 652 g/mol. The van der Waals surface area contributed by atoms with Crippen LogP contribution >= 0.6 is 39.5 Å². The summed E-state index contributed by atoms with van der Waals surface area (Å²) in [6.07, 6.45) is 2.36. The number of hydrogen-bond donors (Lipinski definition) is 1. The van der Waals surface area contributed by atoms with Crippen molar-refractivity contribution in [1.29, 1.82) is 0 Å². The van der Waals surface area contributed by atoms with Gasteiger partial charge < -0.3 is 5.73 Å². The molecule has 0 bridgehead atoms. The van der Waals surface area contributed by atoms with Gasteiger partial charge in [0.1, 0.15) is 5.78 Å². The van der Waals surface area contributed by atoms with E-state index in [2.05, 4.69) is 33.1 Å². The molecule has 228 valence electrons. The molecule has 3 aromatic rings. The summed E-state index contributed by atoms with van der Waals surface area (Å²) in [6.45, 7) is 7.08. The van der Waals surface area contributed by atoms with E-state index >= 15 is 0 Å². The predicted octanol–water partition coefficient (Wildman–Crippen LogP) is 7.78. The Balaban J connectivity index is -0.000000264. The zero-order valence-electron chi connectivity index (χ0n) is 20.8. The molecule has 0 spiro atoms. The van der Waals surface area contributed by atoms with Gasteiger partial charge in [-0.2, -0.15) is 0 Å². The molecule has 40 heavy (non-hydrogen) atoms. The van der Waals surface area contributed by atoms with E-state index in [-0.39, 0.29) is 45.2 Å². The fourth-order valence-corrected chi connectivity index (χ4v) is 5.26. The number of ketones is 1. The first kappa shape index (κ1) is 45.0. The molecule has 3 rings (SSSR count). The number of aryl methyl sites for hydroxylation is 2. The molecule has 2 N–H and O–H groups in total. The lowest BCUT2D eigenvalue weighted by molar-refractivity contribution is -0.116. The molecule has 1 unspecified atom stereocenters. The Kier molecular flexibility index (Phi) is 21.6. The van der Waals surface area contributed by atoms with Gasteiger partial charge in [-0.25, -0.2) is 21.8 Å². The fraction of sp³-hybridized carbons (Fsp3) is 0.393. The lowest BCUT2D eigenvalue weighted by Crippen LogP contribution is -2.02. The highest BCUT2D eigenvalue weighted by atomic mass is 79.9. The Hall–Kier alpha value is -1.99. The molecule has 2 aromatic carbocycles. The van der Waals surface area contributed by atoms with Gasteiger partial charge in [0, 0.05) is 12.5 Å². The molecule has 0 saturated carbocycles. The minimum absolute atomic E-state index is 0. The van der Waals surface area contributed by atoms with Crippen LogP contribution in [0, 0.1) is 13.8 Å². The van der Waals surface area contributed by atoms with Gasteiger partial charge in [-0.3, -0.25) is 4.79 Å². The number of carbonyl (C=O) groups is 1. The van der Waals surface area contributed by atoms with Crippen molar-refractivity contribution in [3.8, 4) is 10.4 Å². The standard InChI is InChI=1S/C12H13NO2S2.C10H11BrO3S.C2H5NS.4CH4/c1-8-12(16-9(2)13-8)10-4-6-11(7-5-10)17(3,14)15;1-7(12)10(11)8-3-5-9(6-4-8)15(2,13)14;1-2(3)4;;;;/h4-7H,1-3H3;3-6,10H,1-2H3;1H3,(H2,3,4);4*1H4. The number of halogens is 1. The monoisotopic (exact) mass is 696 g/mol. The van der Waals surface area contributed by atoms with Gasteiger partial charge >= 0.3 is 0 Å². The number of hydrogen-bond acceptors (Lipinski definition) is 8. The van der Waals surface area contributed by atoms with E-state index < -0.39 is 19.7 Å². The molecular formula is C28H45BrN2O5S4. The minimum atomic E-state index is -3.17.